The van der Waals surface area contributed by atoms with Crippen LogP contribution in [0.25, 0.3) is 10.9 Å². The lowest BCUT2D eigenvalue weighted by Gasteiger charge is -2.17. The fraction of sp³-hybridized carbons (Fsp3) is 0.360. The second-order valence-corrected chi connectivity index (χ2v) is 8.08. The molecule has 0 saturated heterocycles. The molecule has 0 bridgehead atoms. The van der Waals surface area contributed by atoms with Gasteiger partial charge in [0.05, 0.1) is 18.7 Å². The highest BCUT2D eigenvalue weighted by molar-refractivity contribution is 5.82. The van der Waals surface area contributed by atoms with Crippen molar-refractivity contribution in [3.8, 4) is 0 Å². The lowest BCUT2D eigenvalue weighted by molar-refractivity contribution is -0.145. The van der Waals surface area contributed by atoms with Crippen LogP contribution in [0.5, 0.6) is 0 Å². The summed E-state index contributed by atoms with van der Waals surface area (Å²) in [6.45, 7) is 4.32. The molecule has 0 amide bonds. The maximum atomic E-state index is 13.8. The molecule has 1 aliphatic carbocycles. The van der Waals surface area contributed by atoms with E-state index < -0.39 is 6.04 Å². The molecule has 0 spiro atoms. The van der Waals surface area contributed by atoms with Crippen LogP contribution in [0.3, 0.4) is 0 Å². The topological polar surface area (TPSA) is 60.3 Å². The highest BCUT2D eigenvalue weighted by Gasteiger charge is 2.18. The van der Waals surface area contributed by atoms with E-state index in [2.05, 4.69) is 17.4 Å². The Kier molecular flexibility index (Phi) is 6.18. The average molecular weight is 423 g/mol. The Bertz CT molecular complexity index is 1190. The number of carbonyl (C=O) groups excluding carboxylic acids is 1. The number of hydrogen-bond donors (Lipinski definition) is 1. The molecule has 5 nitrogen and oxygen atoms in total. The molecule has 162 valence electrons. The first-order valence-corrected chi connectivity index (χ1v) is 10.8. The molecule has 2 aromatic carbocycles. The van der Waals surface area contributed by atoms with Crippen molar-refractivity contribution in [3.05, 3.63) is 80.9 Å². The molecule has 1 atom stereocenters. The molecule has 1 aromatic heterocycles. The van der Waals surface area contributed by atoms with Crippen LogP contribution in [0.1, 0.15) is 42.5 Å². The summed E-state index contributed by atoms with van der Waals surface area (Å²) in [5, 5.41) is 4.08. The van der Waals surface area contributed by atoms with Crippen LogP contribution in [0.2, 0.25) is 0 Å². The van der Waals surface area contributed by atoms with E-state index in [0.717, 1.165) is 35.7 Å². The van der Waals surface area contributed by atoms with E-state index in [4.69, 9.17) is 4.74 Å². The van der Waals surface area contributed by atoms with Crippen LogP contribution in [0.4, 0.5) is 4.39 Å². The first kappa shape index (κ1) is 21.2. The summed E-state index contributed by atoms with van der Waals surface area (Å²) in [7, 11) is 0. The molecule has 3 aromatic rings. The van der Waals surface area contributed by atoms with Crippen LogP contribution in [-0.4, -0.2) is 23.2 Å². The summed E-state index contributed by atoms with van der Waals surface area (Å²) in [5.41, 5.74) is 4.62. The van der Waals surface area contributed by atoms with Gasteiger partial charge in [0.25, 0.3) is 5.56 Å². The SMILES string of the molecule is CCOC(=O)C(C)NCc1cc2cc3c(cc2n(Cc2cccc(F)c2)c1=O)CCC3. The Hall–Kier alpha value is -2.99. The van der Waals surface area contributed by atoms with E-state index in [0.29, 0.717) is 12.2 Å². The molecular formula is C25H27FN2O3. The number of fused-ring (bicyclic) bond motifs is 2. The maximum Gasteiger partial charge on any atom is 0.322 e. The third kappa shape index (κ3) is 4.54. The van der Waals surface area contributed by atoms with Crippen molar-refractivity contribution in [1.29, 1.82) is 0 Å². The number of esters is 1. The lowest BCUT2D eigenvalue weighted by Crippen LogP contribution is -2.37. The monoisotopic (exact) mass is 422 g/mol. The maximum absolute atomic E-state index is 13.8. The predicted octanol–water partition coefficient (Wildman–Crippen LogP) is 3.72. The second-order valence-electron chi connectivity index (χ2n) is 8.08. The van der Waals surface area contributed by atoms with Gasteiger partial charge in [-0.15, -0.1) is 0 Å². The van der Waals surface area contributed by atoms with Crippen molar-refractivity contribution in [2.75, 3.05) is 6.61 Å². The molecule has 4 rings (SSSR count). The highest BCUT2D eigenvalue weighted by Crippen LogP contribution is 2.27. The van der Waals surface area contributed by atoms with Crippen LogP contribution in [0.15, 0.2) is 47.3 Å². The zero-order chi connectivity index (χ0) is 22.0. The van der Waals surface area contributed by atoms with Crippen LogP contribution >= 0.6 is 0 Å². The van der Waals surface area contributed by atoms with Gasteiger partial charge in [0.1, 0.15) is 11.9 Å². The van der Waals surface area contributed by atoms with E-state index in [-0.39, 0.29) is 30.4 Å². The summed E-state index contributed by atoms with van der Waals surface area (Å²) in [4.78, 5) is 25.3. The Labute approximate surface area is 180 Å². The molecular weight excluding hydrogens is 395 g/mol. The molecule has 1 heterocycles. The number of aryl methyl sites for hydroxylation is 2. The van der Waals surface area contributed by atoms with Crippen molar-refractivity contribution in [2.24, 2.45) is 0 Å². The van der Waals surface area contributed by atoms with Crippen molar-refractivity contribution in [2.45, 2.75) is 52.2 Å². The van der Waals surface area contributed by atoms with Gasteiger partial charge < -0.3 is 14.6 Å². The van der Waals surface area contributed by atoms with E-state index in [1.54, 1.807) is 24.5 Å². The molecule has 0 saturated carbocycles. The number of ether oxygens (including phenoxy) is 1. The molecule has 0 fully saturated rings. The van der Waals surface area contributed by atoms with Crippen molar-refractivity contribution < 1.29 is 13.9 Å². The summed E-state index contributed by atoms with van der Waals surface area (Å²) < 4.78 is 20.5. The molecule has 1 aliphatic rings. The normalized spacial score (nSPS) is 13.9. The largest absolute Gasteiger partial charge is 0.465 e. The minimum absolute atomic E-state index is 0.140. The molecule has 31 heavy (non-hydrogen) atoms. The number of rotatable bonds is 7. The number of aromatic nitrogens is 1. The summed E-state index contributed by atoms with van der Waals surface area (Å²) in [5.74, 6) is -0.668. The number of carbonyl (C=O) groups is 1. The fourth-order valence-electron chi connectivity index (χ4n) is 4.23. The molecule has 1 unspecified atom stereocenters. The zero-order valence-electron chi connectivity index (χ0n) is 17.9. The van der Waals surface area contributed by atoms with Gasteiger partial charge in [-0.3, -0.25) is 9.59 Å². The number of nitrogens with zero attached hydrogens (tertiary/aromatic N) is 1. The van der Waals surface area contributed by atoms with Gasteiger partial charge in [0.2, 0.25) is 0 Å². The number of nitrogens with one attached hydrogen (secondary N) is 1. The van der Waals surface area contributed by atoms with Gasteiger partial charge in [-0.2, -0.15) is 0 Å². The quantitative estimate of drug-likeness (QED) is 0.590. The number of hydrogen-bond acceptors (Lipinski definition) is 4. The third-order valence-electron chi connectivity index (χ3n) is 5.85. The Morgan fingerprint density at radius 3 is 2.71 bits per heavy atom. The van der Waals surface area contributed by atoms with Crippen LogP contribution in [-0.2, 0) is 35.5 Å². The second kappa shape index (κ2) is 9.02. The van der Waals surface area contributed by atoms with Crippen LogP contribution in [0, 0.1) is 5.82 Å². The van der Waals surface area contributed by atoms with Crippen molar-refractivity contribution in [3.63, 3.8) is 0 Å². The predicted molar refractivity (Wildman–Crippen MR) is 119 cm³/mol. The summed E-state index contributed by atoms with van der Waals surface area (Å²) in [6.07, 6.45) is 3.17. The summed E-state index contributed by atoms with van der Waals surface area (Å²) in [6, 6.07) is 12.0. The zero-order valence-corrected chi connectivity index (χ0v) is 17.9. The molecule has 0 radical (unpaired) electrons. The van der Waals surface area contributed by atoms with Gasteiger partial charge in [-0.25, -0.2) is 4.39 Å². The van der Waals surface area contributed by atoms with Gasteiger partial charge >= 0.3 is 5.97 Å². The number of halogens is 1. The first-order chi connectivity index (χ1) is 15.0. The third-order valence-corrected chi connectivity index (χ3v) is 5.85. The van der Waals surface area contributed by atoms with Gasteiger partial charge in [0.15, 0.2) is 0 Å². The molecule has 0 aliphatic heterocycles. The van der Waals surface area contributed by atoms with Gasteiger partial charge in [-0.05, 0) is 85.5 Å². The van der Waals surface area contributed by atoms with Crippen molar-refractivity contribution in [1.82, 2.24) is 9.88 Å². The van der Waals surface area contributed by atoms with Gasteiger partial charge in [-0.1, -0.05) is 12.1 Å². The Morgan fingerprint density at radius 1 is 1.19 bits per heavy atom. The summed E-state index contributed by atoms with van der Waals surface area (Å²) >= 11 is 0. The minimum atomic E-state index is -0.522. The van der Waals surface area contributed by atoms with Crippen molar-refractivity contribution >= 4 is 16.9 Å². The standard InChI is InChI=1S/C25H27FN2O3/c1-3-31-25(30)16(2)27-14-21-12-20-11-18-7-5-8-19(18)13-23(20)28(24(21)29)15-17-6-4-9-22(26)10-17/h4,6,9-13,16,27H,3,5,7-8,14-15H2,1-2H3. The lowest BCUT2D eigenvalue weighted by atomic mass is 10.0. The number of pyridine rings is 1. The Morgan fingerprint density at radius 2 is 1.97 bits per heavy atom. The minimum Gasteiger partial charge on any atom is -0.465 e. The van der Waals surface area contributed by atoms with E-state index in [1.807, 2.05) is 12.1 Å². The number of benzene rings is 2. The fourth-order valence-corrected chi connectivity index (χ4v) is 4.23. The highest BCUT2D eigenvalue weighted by atomic mass is 19.1. The molecule has 6 heteroatoms. The Balaban J connectivity index is 1.74. The van der Waals surface area contributed by atoms with E-state index in [1.165, 1.54) is 23.3 Å². The smallest absolute Gasteiger partial charge is 0.322 e. The van der Waals surface area contributed by atoms with Gasteiger partial charge in [0, 0.05) is 12.1 Å². The van der Waals surface area contributed by atoms with Crippen LogP contribution < -0.4 is 10.9 Å². The van der Waals surface area contributed by atoms with E-state index >= 15 is 0 Å². The average Bonchev–Trinajstić information content (AvgIpc) is 3.20. The molecule has 1 N–H and O–H groups in total. The first-order valence-electron chi connectivity index (χ1n) is 10.8. The van der Waals surface area contributed by atoms with E-state index in [9.17, 15) is 14.0 Å².